The van der Waals surface area contributed by atoms with Crippen LogP contribution in [-0.2, 0) is 0 Å². The van der Waals surface area contributed by atoms with Crippen LogP contribution in [0.15, 0.2) is 42.5 Å². The standard InChI is InChI=1S/C11H9NO3/c13-9-6-7-10(14)12(9)11(15)8-4-2-1-3-5-8/h1-7,13-14H. The van der Waals surface area contributed by atoms with Crippen molar-refractivity contribution >= 4 is 5.91 Å². The van der Waals surface area contributed by atoms with Gasteiger partial charge >= 0.3 is 0 Å². The first-order valence-electron chi connectivity index (χ1n) is 4.39. The summed E-state index contributed by atoms with van der Waals surface area (Å²) in [6, 6.07) is 11.0. The summed E-state index contributed by atoms with van der Waals surface area (Å²) in [7, 11) is 0. The van der Waals surface area contributed by atoms with E-state index in [2.05, 4.69) is 0 Å². The third kappa shape index (κ3) is 1.57. The Hall–Kier alpha value is -2.23. The molecule has 0 saturated heterocycles. The largest absolute Gasteiger partial charge is 0.494 e. The predicted octanol–water partition coefficient (Wildman–Crippen LogP) is 1.59. The van der Waals surface area contributed by atoms with E-state index < -0.39 is 5.91 Å². The molecule has 0 aliphatic carbocycles. The van der Waals surface area contributed by atoms with Crippen LogP contribution in [0.5, 0.6) is 11.8 Å². The van der Waals surface area contributed by atoms with E-state index in [0.29, 0.717) is 5.56 Å². The van der Waals surface area contributed by atoms with Crippen LogP contribution in [-0.4, -0.2) is 20.7 Å². The molecule has 4 nitrogen and oxygen atoms in total. The predicted molar refractivity (Wildman–Crippen MR) is 53.9 cm³/mol. The maximum atomic E-state index is 11.8. The SMILES string of the molecule is O=C(c1ccccc1)n1c(O)ccc1O. The fraction of sp³-hybridized carbons (Fsp3) is 0. The number of rotatable bonds is 1. The van der Waals surface area contributed by atoms with Gasteiger partial charge in [0.15, 0.2) is 0 Å². The average Bonchev–Trinajstić information content (AvgIpc) is 2.59. The number of aromatic nitrogens is 1. The van der Waals surface area contributed by atoms with Crippen LogP contribution >= 0.6 is 0 Å². The van der Waals surface area contributed by atoms with Gasteiger partial charge in [-0.05, 0) is 12.1 Å². The lowest BCUT2D eigenvalue weighted by molar-refractivity contribution is 0.0942. The van der Waals surface area contributed by atoms with Crippen molar-refractivity contribution in [3.8, 4) is 11.8 Å². The van der Waals surface area contributed by atoms with Gasteiger partial charge in [0.25, 0.3) is 5.91 Å². The Morgan fingerprint density at radius 3 is 2.00 bits per heavy atom. The second kappa shape index (κ2) is 3.49. The highest BCUT2D eigenvalue weighted by molar-refractivity contribution is 5.97. The molecule has 2 aromatic rings. The molecule has 0 saturated carbocycles. The molecule has 15 heavy (non-hydrogen) atoms. The molecule has 1 aromatic heterocycles. The van der Waals surface area contributed by atoms with Gasteiger partial charge in [0.1, 0.15) is 0 Å². The van der Waals surface area contributed by atoms with Crippen molar-refractivity contribution < 1.29 is 15.0 Å². The van der Waals surface area contributed by atoms with Gasteiger partial charge in [-0.3, -0.25) is 4.79 Å². The van der Waals surface area contributed by atoms with Gasteiger partial charge in [-0.2, -0.15) is 0 Å². The number of benzene rings is 1. The van der Waals surface area contributed by atoms with Gasteiger partial charge in [0.05, 0.1) is 0 Å². The molecule has 0 radical (unpaired) electrons. The highest BCUT2D eigenvalue weighted by Crippen LogP contribution is 2.22. The molecule has 0 aliphatic rings. The number of carbonyl (C=O) groups excluding carboxylic acids is 1. The minimum absolute atomic E-state index is 0.277. The quantitative estimate of drug-likeness (QED) is 0.739. The van der Waals surface area contributed by atoms with Crippen molar-refractivity contribution in [2.75, 3.05) is 0 Å². The van der Waals surface area contributed by atoms with E-state index in [1.165, 1.54) is 12.1 Å². The molecular weight excluding hydrogens is 194 g/mol. The molecule has 0 amide bonds. The minimum atomic E-state index is -0.462. The van der Waals surface area contributed by atoms with E-state index >= 15 is 0 Å². The number of hydrogen-bond acceptors (Lipinski definition) is 3. The van der Waals surface area contributed by atoms with Crippen molar-refractivity contribution in [1.82, 2.24) is 4.57 Å². The van der Waals surface area contributed by atoms with Crippen LogP contribution in [0, 0.1) is 0 Å². The van der Waals surface area contributed by atoms with Crippen LogP contribution in [0.1, 0.15) is 10.4 Å². The third-order valence-electron chi connectivity index (χ3n) is 2.06. The minimum Gasteiger partial charge on any atom is -0.494 e. The summed E-state index contributed by atoms with van der Waals surface area (Å²) >= 11 is 0. The number of carbonyl (C=O) groups is 1. The Labute approximate surface area is 86.0 Å². The van der Waals surface area contributed by atoms with E-state index in [1.807, 2.05) is 0 Å². The smallest absolute Gasteiger partial charge is 0.267 e. The van der Waals surface area contributed by atoms with Gasteiger partial charge in [-0.15, -0.1) is 0 Å². The van der Waals surface area contributed by atoms with E-state index in [4.69, 9.17) is 0 Å². The molecule has 0 unspecified atom stereocenters. The lowest BCUT2D eigenvalue weighted by atomic mass is 10.2. The van der Waals surface area contributed by atoms with Crippen LogP contribution in [0.2, 0.25) is 0 Å². The van der Waals surface area contributed by atoms with Crippen molar-refractivity contribution in [1.29, 1.82) is 0 Å². The van der Waals surface area contributed by atoms with E-state index in [1.54, 1.807) is 30.3 Å². The zero-order valence-electron chi connectivity index (χ0n) is 7.79. The summed E-state index contributed by atoms with van der Waals surface area (Å²) in [4.78, 5) is 11.8. The number of hydrogen-bond donors (Lipinski definition) is 2. The molecule has 4 heteroatoms. The summed E-state index contributed by atoms with van der Waals surface area (Å²) in [5, 5.41) is 18.7. The molecule has 1 aromatic carbocycles. The summed E-state index contributed by atoms with van der Waals surface area (Å²) < 4.78 is 0.843. The topological polar surface area (TPSA) is 62.5 Å². The van der Waals surface area contributed by atoms with Gasteiger partial charge < -0.3 is 10.2 Å². The monoisotopic (exact) mass is 203 g/mol. The molecule has 0 spiro atoms. The Morgan fingerprint density at radius 2 is 1.47 bits per heavy atom. The Morgan fingerprint density at radius 1 is 0.933 bits per heavy atom. The molecule has 2 N–H and O–H groups in total. The zero-order chi connectivity index (χ0) is 10.8. The highest BCUT2D eigenvalue weighted by atomic mass is 16.3. The van der Waals surface area contributed by atoms with Crippen molar-refractivity contribution in [2.24, 2.45) is 0 Å². The molecule has 0 aliphatic heterocycles. The van der Waals surface area contributed by atoms with E-state index in [0.717, 1.165) is 4.57 Å². The lowest BCUT2D eigenvalue weighted by Gasteiger charge is -2.04. The Kier molecular flexibility index (Phi) is 2.17. The first-order chi connectivity index (χ1) is 7.20. The second-order valence-electron chi connectivity index (χ2n) is 3.06. The van der Waals surface area contributed by atoms with Crippen LogP contribution in [0.4, 0.5) is 0 Å². The van der Waals surface area contributed by atoms with Gasteiger partial charge in [-0.25, -0.2) is 4.57 Å². The third-order valence-corrected chi connectivity index (χ3v) is 2.06. The number of nitrogens with zero attached hydrogens (tertiary/aromatic N) is 1. The molecule has 2 rings (SSSR count). The normalized spacial score (nSPS) is 10.1. The summed E-state index contributed by atoms with van der Waals surface area (Å²) in [6.07, 6.45) is 0. The molecule has 0 fully saturated rings. The molecule has 76 valence electrons. The van der Waals surface area contributed by atoms with Gasteiger partial charge in [-0.1, -0.05) is 18.2 Å². The van der Waals surface area contributed by atoms with Crippen molar-refractivity contribution in [2.45, 2.75) is 0 Å². The van der Waals surface area contributed by atoms with Crippen molar-refractivity contribution in [3.05, 3.63) is 48.0 Å². The first-order valence-corrected chi connectivity index (χ1v) is 4.39. The Bertz CT molecular complexity index is 468. The molecule has 0 atom stereocenters. The maximum Gasteiger partial charge on any atom is 0.267 e. The molecule has 1 heterocycles. The summed E-state index contributed by atoms with van der Waals surface area (Å²) in [5.74, 6) is -1.02. The van der Waals surface area contributed by atoms with Crippen LogP contribution in [0.3, 0.4) is 0 Å². The van der Waals surface area contributed by atoms with E-state index in [-0.39, 0.29) is 11.8 Å². The fourth-order valence-electron chi connectivity index (χ4n) is 1.33. The van der Waals surface area contributed by atoms with Crippen molar-refractivity contribution in [3.63, 3.8) is 0 Å². The summed E-state index contributed by atoms with van der Waals surface area (Å²) in [5.41, 5.74) is 0.402. The summed E-state index contributed by atoms with van der Waals surface area (Å²) in [6.45, 7) is 0. The van der Waals surface area contributed by atoms with Gasteiger partial charge in [0.2, 0.25) is 11.8 Å². The lowest BCUT2D eigenvalue weighted by Crippen LogP contribution is -2.10. The van der Waals surface area contributed by atoms with Crippen LogP contribution in [0.25, 0.3) is 0 Å². The van der Waals surface area contributed by atoms with Crippen LogP contribution < -0.4 is 0 Å². The van der Waals surface area contributed by atoms with E-state index in [9.17, 15) is 15.0 Å². The molecule has 0 bridgehead atoms. The number of aromatic hydroxyl groups is 2. The first kappa shape index (κ1) is 9.33. The molecular formula is C11H9NO3. The maximum absolute atomic E-state index is 11.8. The average molecular weight is 203 g/mol. The van der Waals surface area contributed by atoms with Gasteiger partial charge in [0, 0.05) is 17.7 Å². The highest BCUT2D eigenvalue weighted by Gasteiger charge is 2.15. The Balaban J connectivity index is 2.46. The fourth-order valence-corrected chi connectivity index (χ4v) is 1.33. The second-order valence-corrected chi connectivity index (χ2v) is 3.06. The zero-order valence-corrected chi connectivity index (χ0v) is 7.79.